The first kappa shape index (κ1) is 16.3. The number of sulfone groups is 1. The van der Waals surface area contributed by atoms with Gasteiger partial charge in [0.25, 0.3) is 0 Å². The van der Waals surface area contributed by atoms with Crippen molar-refractivity contribution in [2.45, 2.75) is 58.2 Å². The quantitative estimate of drug-likeness (QED) is 0.813. The number of carbonyl (C=O) groups is 2. The maximum Gasteiger partial charge on any atom is 0.248 e. The highest BCUT2D eigenvalue weighted by Crippen LogP contribution is 2.30. The van der Waals surface area contributed by atoms with Crippen molar-refractivity contribution in [1.82, 2.24) is 10.2 Å². The lowest BCUT2D eigenvalue weighted by molar-refractivity contribution is -0.158. The molecule has 0 spiro atoms. The van der Waals surface area contributed by atoms with Gasteiger partial charge in [-0.15, -0.1) is 0 Å². The lowest BCUT2D eigenvalue weighted by atomic mass is 9.87. The Hall–Kier alpha value is -1.11. The van der Waals surface area contributed by atoms with E-state index in [0.29, 0.717) is 12.8 Å². The largest absolute Gasteiger partial charge is 0.340 e. The first-order valence-electron chi connectivity index (χ1n) is 7.46. The Labute approximate surface area is 126 Å². The number of nitrogens with one attached hydrogen (secondary N) is 1. The maximum absolute atomic E-state index is 12.9. The molecule has 7 heteroatoms. The molecule has 0 saturated carbocycles. The van der Waals surface area contributed by atoms with Crippen LogP contribution in [0.5, 0.6) is 0 Å². The Morgan fingerprint density at radius 3 is 2.43 bits per heavy atom. The summed E-state index contributed by atoms with van der Waals surface area (Å²) in [4.78, 5) is 26.8. The lowest BCUT2D eigenvalue weighted by Crippen LogP contribution is -2.72. The summed E-state index contributed by atoms with van der Waals surface area (Å²) in [5.74, 6) is -0.339. The van der Waals surface area contributed by atoms with Gasteiger partial charge in [0.2, 0.25) is 11.8 Å². The average Bonchev–Trinajstić information content (AvgIpc) is 2.73. The smallest absolute Gasteiger partial charge is 0.248 e. The second-order valence-electron chi connectivity index (χ2n) is 6.63. The van der Waals surface area contributed by atoms with E-state index in [9.17, 15) is 18.0 Å². The van der Waals surface area contributed by atoms with Crippen LogP contribution < -0.4 is 5.32 Å². The first-order valence-corrected chi connectivity index (χ1v) is 9.28. The van der Waals surface area contributed by atoms with Gasteiger partial charge in [0.05, 0.1) is 11.5 Å². The molecule has 0 aromatic heterocycles. The number of nitrogens with zero attached hydrogens (tertiary/aromatic N) is 1. The molecule has 3 atom stereocenters. The normalized spacial score (nSPS) is 36.1. The number of carbonyl (C=O) groups excluding carboxylic acids is 2. The lowest BCUT2D eigenvalue weighted by Gasteiger charge is -2.47. The van der Waals surface area contributed by atoms with Crippen LogP contribution >= 0.6 is 0 Å². The minimum Gasteiger partial charge on any atom is -0.340 e. The van der Waals surface area contributed by atoms with Gasteiger partial charge < -0.3 is 10.2 Å². The third-order valence-corrected chi connectivity index (χ3v) is 6.36. The van der Waals surface area contributed by atoms with Crippen molar-refractivity contribution in [3.63, 3.8) is 0 Å². The molecule has 2 aliphatic heterocycles. The molecule has 2 saturated heterocycles. The van der Waals surface area contributed by atoms with Gasteiger partial charge in [-0.1, -0.05) is 20.8 Å². The van der Waals surface area contributed by atoms with Gasteiger partial charge in [-0.3, -0.25) is 9.59 Å². The van der Waals surface area contributed by atoms with Crippen molar-refractivity contribution in [3.05, 3.63) is 0 Å². The molecule has 2 amide bonds. The highest BCUT2D eigenvalue weighted by Gasteiger charge is 2.51. The monoisotopic (exact) mass is 316 g/mol. The van der Waals surface area contributed by atoms with E-state index in [4.69, 9.17) is 0 Å². The van der Waals surface area contributed by atoms with Crippen LogP contribution in [-0.4, -0.2) is 54.3 Å². The van der Waals surface area contributed by atoms with Crippen LogP contribution in [0.2, 0.25) is 0 Å². The Morgan fingerprint density at radius 1 is 1.38 bits per heavy atom. The van der Waals surface area contributed by atoms with Crippen LogP contribution in [-0.2, 0) is 19.4 Å². The zero-order valence-corrected chi connectivity index (χ0v) is 13.9. The molecular formula is C14H24N2O4S. The van der Waals surface area contributed by atoms with E-state index in [0.717, 1.165) is 0 Å². The van der Waals surface area contributed by atoms with Crippen molar-refractivity contribution in [3.8, 4) is 0 Å². The van der Waals surface area contributed by atoms with Gasteiger partial charge in [0.15, 0.2) is 9.84 Å². The molecular weight excluding hydrogens is 292 g/mol. The summed E-state index contributed by atoms with van der Waals surface area (Å²) in [5, 5.41) is 2.82. The van der Waals surface area contributed by atoms with Crippen LogP contribution in [0.4, 0.5) is 0 Å². The van der Waals surface area contributed by atoms with E-state index in [1.165, 1.54) is 0 Å². The number of amides is 2. The van der Waals surface area contributed by atoms with E-state index < -0.39 is 21.4 Å². The third-order valence-electron chi connectivity index (χ3n) is 4.61. The molecule has 120 valence electrons. The van der Waals surface area contributed by atoms with Crippen LogP contribution in [0.25, 0.3) is 0 Å². The fourth-order valence-electron chi connectivity index (χ4n) is 3.19. The Balaban J connectivity index is 2.40. The topological polar surface area (TPSA) is 83.6 Å². The highest BCUT2D eigenvalue weighted by molar-refractivity contribution is 7.91. The van der Waals surface area contributed by atoms with Crippen molar-refractivity contribution < 1.29 is 18.0 Å². The van der Waals surface area contributed by atoms with E-state index in [2.05, 4.69) is 5.32 Å². The zero-order valence-electron chi connectivity index (χ0n) is 13.0. The summed E-state index contributed by atoms with van der Waals surface area (Å²) < 4.78 is 23.5. The molecule has 21 heavy (non-hydrogen) atoms. The summed E-state index contributed by atoms with van der Waals surface area (Å²) in [5.41, 5.74) is -0.936. The van der Waals surface area contributed by atoms with E-state index in [1.54, 1.807) is 11.8 Å². The molecule has 2 rings (SSSR count). The number of hydrogen-bond donors (Lipinski definition) is 1. The van der Waals surface area contributed by atoms with Gasteiger partial charge >= 0.3 is 0 Å². The summed E-state index contributed by atoms with van der Waals surface area (Å²) >= 11 is 0. The Kier molecular flexibility index (Phi) is 4.08. The van der Waals surface area contributed by atoms with Gasteiger partial charge in [-0.05, 0) is 25.7 Å². The summed E-state index contributed by atoms with van der Waals surface area (Å²) in [7, 11) is -3.10. The predicted molar refractivity (Wildman–Crippen MR) is 79.4 cm³/mol. The van der Waals surface area contributed by atoms with Crippen LogP contribution in [0.3, 0.4) is 0 Å². The highest BCUT2D eigenvalue weighted by atomic mass is 32.2. The second kappa shape index (κ2) is 5.26. The first-order chi connectivity index (χ1) is 9.61. The van der Waals surface area contributed by atoms with Crippen molar-refractivity contribution in [2.75, 3.05) is 11.5 Å². The van der Waals surface area contributed by atoms with E-state index in [-0.39, 0.29) is 35.3 Å². The van der Waals surface area contributed by atoms with Crippen LogP contribution in [0.15, 0.2) is 0 Å². The van der Waals surface area contributed by atoms with Crippen molar-refractivity contribution in [2.24, 2.45) is 5.92 Å². The molecule has 6 nitrogen and oxygen atoms in total. The Bertz CT molecular complexity index is 557. The average molecular weight is 316 g/mol. The molecule has 0 aliphatic carbocycles. The SMILES string of the molecule is CCC1(C)NC(=O)C(C(C)C)N(C2CCS(=O)(=O)C2)C1=O. The molecule has 0 radical (unpaired) electrons. The minimum absolute atomic E-state index is 0.0327. The number of rotatable bonds is 3. The van der Waals surface area contributed by atoms with Gasteiger partial charge in [-0.25, -0.2) is 8.42 Å². The maximum atomic E-state index is 12.9. The molecule has 1 N–H and O–H groups in total. The molecule has 0 aromatic rings. The number of hydrogen-bond acceptors (Lipinski definition) is 4. The molecule has 2 aliphatic rings. The number of piperazine rings is 1. The minimum atomic E-state index is -3.10. The second-order valence-corrected chi connectivity index (χ2v) is 8.86. The predicted octanol–water partition coefficient (Wildman–Crippen LogP) is 0.325. The fourth-order valence-corrected chi connectivity index (χ4v) is 4.90. The molecule has 2 heterocycles. The zero-order chi connectivity index (χ0) is 16.0. The standard InChI is InChI=1S/C14H24N2O4S/c1-5-14(4)13(18)16(10-6-7-21(19,20)8-10)11(9(2)3)12(17)15-14/h9-11H,5-8H2,1-4H3,(H,15,17). The Morgan fingerprint density at radius 2 is 2.00 bits per heavy atom. The van der Waals surface area contributed by atoms with Crippen molar-refractivity contribution >= 4 is 21.7 Å². The van der Waals surface area contributed by atoms with Gasteiger partial charge in [0, 0.05) is 6.04 Å². The molecule has 0 bridgehead atoms. The van der Waals surface area contributed by atoms with E-state index >= 15 is 0 Å². The van der Waals surface area contributed by atoms with Crippen LogP contribution in [0.1, 0.15) is 40.5 Å². The summed E-state index contributed by atoms with van der Waals surface area (Å²) in [6.45, 7) is 7.31. The van der Waals surface area contributed by atoms with E-state index in [1.807, 2.05) is 20.8 Å². The third kappa shape index (κ3) is 2.80. The fraction of sp³-hybridized carbons (Fsp3) is 0.857. The summed E-state index contributed by atoms with van der Waals surface area (Å²) in [6.07, 6.45) is 0.905. The van der Waals surface area contributed by atoms with Gasteiger partial charge in [-0.2, -0.15) is 0 Å². The van der Waals surface area contributed by atoms with Crippen LogP contribution in [0, 0.1) is 5.92 Å². The van der Waals surface area contributed by atoms with Gasteiger partial charge in [0.1, 0.15) is 11.6 Å². The van der Waals surface area contributed by atoms with Crippen molar-refractivity contribution in [1.29, 1.82) is 0 Å². The summed E-state index contributed by atoms with van der Waals surface area (Å²) in [6, 6.07) is -0.970. The molecule has 0 aromatic carbocycles. The molecule has 2 fully saturated rings. The molecule has 3 unspecified atom stereocenters.